The number of carbonyl (C=O) groups excluding carboxylic acids is 1. The monoisotopic (exact) mass is 251 g/mol. The van der Waals surface area contributed by atoms with Crippen molar-refractivity contribution in [2.75, 3.05) is 38.3 Å². The Morgan fingerprint density at radius 1 is 1.50 bits per heavy atom. The molecule has 1 saturated heterocycles. The summed E-state index contributed by atoms with van der Waals surface area (Å²) in [5.74, 6) is -0.336. The molecule has 1 fully saturated rings. The number of esters is 1. The van der Waals surface area contributed by atoms with E-state index < -0.39 is 0 Å². The van der Waals surface area contributed by atoms with Gasteiger partial charge in [-0.3, -0.25) is 0 Å². The second kappa shape index (κ2) is 5.84. The Hall–Kier alpha value is -1.59. The average molecular weight is 251 g/mol. The highest BCUT2D eigenvalue weighted by atomic mass is 16.5. The van der Waals surface area contributed by atoms with Crippen molar-refractivity contribution >= 4 is 11.7 Å². The lowest BCUT2D eigenvalue weighted by molar-refractivity contribution is 0.00356. The Morgan fingerprint density at radius 3 is 2.83 bits per heavy atom. The first-order valence-corrected chi connectivity index (χ1v) is 5.90. The van der Waals surface area contributed by atoms with Gasteiger partial charge in [0.05, 0.1) is 32.0 Å². The Balaban J connectivity index is 2.07. The molecule has 0 amide bonds. The van der Waals surface area contributed by atoms with Crippen LogP contribution < -0.4 is 4.90 Å². The molecule has 2 rings (SSSR count). The Kier molecular flexibility index (Phi) is 4.17. The number of anilines is 1. The summed E-state index contributed by atoms with van der Waals surface area (Å²) in [5, 5.41) is 9.09. The number of carbonyl (C=O) groups is 1. The molecule has 0 bridgehead atoms. The summed E-state index contributed by atoms with van der Waals surface area (Å²) in [6.07, 6.45) is -0.140. The number of nitrogens with zero attached hydrogens (tertiary/aromatic N) is 1. The zero-order valence-corrected chi connectivity index (χ0v) is 10.3. The minimum Gasteiger partial charge on any atom is -0.465 e. The molecule has 0 aliphatic carbocycles. The number of rotatable bonds is 3. The lowest BCUT2D eigenvalue weighted by atomic mass is 10.1. The van der Waals surface area contributed by atoms with Crippen molar-refractivity contribution < 1.29 is 19.4 Å². The second-order valence-corrected chi connectivity index (χ2v) is 4.16. The van der Waals surface area contributed by atoms with Crippen molar-refractivity contribution in [1.82, 2.24) is 0 Å². The van der Waals surface area contributed by atoms with E-state index in [1.165, 1.54) is 7.11 Å². The molecule has 0 radical (unpaired) electrons. The molecule has 98 valence electrons. The summed E-state index contributed by atoms with van der Waals surface area (Å²) < 4.78 is 10.0. The van der Waals surface area contributed by atoms with Gasteiger partial charge in [-0.25, -0.2) is 4.79 Å². The van der Waals surface area contributed by atoms with E-state index >= 15 is 0 Å². The maximum Gasteiger partial charge on any atom is 0.337 e. The fourth-order valence-electron chi connectivity index (χ4n) is 1.99. The normalized spacial score (nSPS) is 19.7. The number of aliphatic hydroxyl groups is 1. The van der Waals surface area contributed by atoms with Gasteiger partial charge in [0.2, 0.25) is 0 Å². The van der Waals surface area contributed by atoms with Crippen molar-refractivity contribution in [2.24, 2.45) is 0 Å². The molecule has 5 nitrogen and oxygen atoms in total. The zero-order chi connectivity index (χ0) is 13.0. The largest absolute Gasteiger partial charge is 0.465 e. The quantitative estimate of drug-likeness (QED) is 0.800. The molecule has 0 saturated carbocycles. The lowest BCUT2D eigenvalue weighted by Crippen LogP contribution is -2.44. The van der Waals surface area contributed by atoms with E-state index in [0.29, 0.717) is 18.7 Å². The van der Waals surface area contributed by atoms with Gasteiger partial charge in [0.15, 0.2) is 0 Å². The van der Waals surface area contributed by atoms with Crippen LogP contribution in [0.25, 0.3) is 0 Å². The number of hydrogen-bond acceptors (Lipinski definition) is 5. The van der Waals surface area contributed by atoms with Gasteiger partial charge in [-0.15, -0.1) is 0 Å². The standard InChI is InChI=1S/C13H17NO4/c1-17-13(16)10-2-4-11(5-3-10)14-6-7-18-12(8-14)9-15/h2-5,12,15H,6-9H2,1H3. The van der Waals surface area contributed by atoms with Gasteiger partial charge >= 0.3 is 5.97 Å². The summed E-state index contributed by atoms with van der Waals surface area (Å²) in [7, 11) is 1.37. The fourth-order valence-corrected chi connectivity index (χ4v) is 1.99. The molecule has 1 aliphatic rings. The maximum atomic E-state index is 11.3. The molecule has 1 unspecified atom stereocenters. The van der Waals surface area contributed by atoms with Crippen LogP contribution in [0.5, 0.6) is 0 Å². The third-order valence-corrected chi connectivity index (χ3v) is 3.00. The summed E-state index contributed by atoms with van der Waals surface area (Å²) in [6.45, 7) is 2.07. The number of methoxy groups -OCH3 is 1. The van der Waals surface area contributed by atoms with Crippen LogP contribution in [-0.2, 0) is 9.47 Å². The maximum absolute atomic E-state index is 11.3. The van der Waals surface area contributed by atoms with E-state index in [-0.39, 0.29) is 18.7 Å². The fraction of sp³-hybridized carbons (Fsp3) is 0.462. The molecule has 1 heterocycles. The van der Waals surface area contributed by atoms with E-state index in [1.54, 1.807) is 12.1 Å². The molecule has 0 aromatic heterocycles. The molecule has 1 aromatic carbocycles. The van der Waals surface area contributed by atoms with Crippen LogP contribution >= 0.6 is 0 Å². The summed E-state index contributed by atoms with van der Waals surface area (Å²) in [5.41, 5.74) is 1.55. The highest BCUT2D eigenvalue weighted by Crippen LogP contribution is 2.18. The van der Waals surface area contributed by atoms with Crippen LogP contribution in [0.1, 0.15) is 10.4 Å². The van der Waals surface area contributed by atoms with Crippen LogP contribution in [0.15, 0.2) is 24.3 Å². The zero-order valence-electron chi connectivity index (χ0n) is 10.3. The summed E-state index contributed by atoms with van der Waals surface area (Å²) in [6, 6.07) is 7.24. The third-order valence-electron chi connectivity index (χ3n) is 3.00. The minimum atomic E-state index is -0.336. The van der Waals surface area contributed by atoms with Crippen LogP contribution in [0.3, 0.4) is 0 Å². The van der Waals surface area contributed by atoms with Gasteiger partial charge in [0, 0.05) is 18.8 Å². The van der Waals surface area contributed by atoms with Crippen molar-refractivity contribution in [3.8, 4) is 0 Å². The van der Waals surface area contributed by atoms with Gasteiger partial charge < -0.3 is 19.5 Å². The van der Waals surface area contributed by atoms with Gasteiger partial charge in [0.25, 0.3) is 0 Å². The predicted octanol–water partition coefficient (Wildman–Crippen LogP) is 0.671. The van der Waals surface area contributed by atoms with Crippen molar-refractivity contribution in [3.63, 3.8) is 0 Å². The molecule has 1 aliphatic heterocycles. The Labute approximate surface area is 106 Å². The van der Waals surface area contributed by atoms with Crippen LogP contribution in [-0.4, -0.2) is 50.6 Å². The lowest BCUT2D eigenvalue weighted by Gasteiger charge is -2.33. The molecular weight excluding hydrogens is 234 g/mol. The van der Waals surface area contributed by atoms with Gasteiger partial charge in [0.1, 0.15) is 0 Å². The van der Waals surface area contributed by atoms with E-state index in [1.807, 2.05) is 12.1 Å². The molecule has 18 heavy (non-hydrogen) atoms. The van der Waals surface area contributed by atoms with E-state index in [0.717, 1.165) is 12.2 Å². The van der Waals surface area contributed by atoms with E-state index in [4.69, 9.17) is 9.84 Å². The SMILES string of the molecule is COC(=O)c1ccc(N2CCOC(CO)C2)cc1. The highest BCUT2D eigenvalue weighted by molar-refractivity contribution is 5.89. The van der Waals surface area contributed by atoms with Gasteiger partial charge in [-0.05, 0) is 24.3 Å². The Bertz CT molecular complexity index is 404. The number of ether oxygens (including phenoxy) is 2. The van der Waals surface area contributed by atoms with E-state index in [2.05, 4.69) is 9.64 Å². The Morgan fingerprint density at radius 2 is 2.22 bits per heavy atom. The minimum absolute atomic E-state index is 0.0245. The third kappa shape index (κ3) is 2.80. The molecule has 1 N–H and O–H groups in total. The molecular formula is C13H17NO4. The second-order valence-electron chi connectivity index (χ2n) is 4.16. The smallest absolute Gasteiger partial charge is 0.337 e. The molecule has 0 spiro atoms. The van der Waals surface area contributed by atoms with Crippen LogP contribution in [0.2, 0.25) is 0 Å². The number of hydrogen-bond donors (Lipinski definition) is 1. The summed E-state index contributed by atoms with van der Waals surface area (Å²) in [4.78, 5) is 13.4. The van der Waals surface area contributed by atoms with E-state index in [9.17, 15) is 4.79 Å². The summed E-state index contributed by atoms with van der Waals surface area (Å²) >= 11 is 0. The number of morpholine rings is 1. The van der Waals surface area contributed by atoms with Gasteiger partial charge in [-0.1, -0.05) is 0 Å². The van der Waals surface area contributed by atoms with Crippen LogP contribution in [0.4, 0.5) is 5.69 Å². The van der Waals surface area contributed by atoms with Crippen LogP contribution in [0, 0.1) is 0 Å². The molecule has 1 atom stereocenters. The predicted molar refractivity (Wildman–Crippen MR) is 66.8 cm³/mol. The number of aliphatic hydroxyl groups excluding tert-OH is 1. The first-order valence-electron chi connectivity index (χ1n) is 5.90. The molecule has 5 heteroatoms. The number of benzene rings is 1. The first kappa shape index (κ1) is 12.9. The highest BCUT2D eigenvalue weighted by Gasteiger charge is 2.20. The van der Waals surface area contributed by atoms with Crippen molar-refractivity contribution in [2.45, 2.75) is 6.10 Å². The van der Waals surface area contributed by atoms with Crippen molar-refractivity contribution in [3.05, 3.63) is 29.8 Å². The topological polar surface area (TPSA) is 59.0 Å². The molecule has 1 aromatic rings. The first-order chi connectivity index (χ1) is 8.74. The van der Waals surface area contributed by atoms with Gasteiger partial charge in [-0.2, -0.15) is 0 Å². The average Bonchev–Trinajstić information content (AvgIpc) is 2.46. The van der Waals surface area contributed by atoms with Crippen molar-refractivity contribution in [1.29, 1.82) is 0 Å².